The van der Waals surface area contributed by atoms with Crippen molar-refractivity contribution in [2.75, 3.05) is 6.54 Å². The zero-order chi connectivity index (χ0) is 13.3. The predicted molar refractivity (Wildman–Crippen MR) is 73.8 cm³/mol. The molecule has 1 amide bonds. The molecular weight excluding hydrogens is 246 g/mol. The number of hydrogen-bond donors (Lipinski definition) is 0. The van der Waals surface area contributed by atoms with Gasteiger partial charge in [-0.3, -0.25) is 4.90 Å². The van der Waals surface area contributed by atoms with E-state index in [1.807, 2.05) is 26.2 Å². The van der Waals surface area contributed by atoms with Gasteiger partial charge >= 0.3 is 6.09 Å². The molecule has 18 heavy (non-hydrogen) atoms. The number of ether oxygens (including phenoxy) is 1. The molecule has 0 aromatic carbocycles. The van der Waals surface area contributed by atoms with E-state index in [0.29, 0.717) is 6.54 Å². The molecule has 2 heterocycles. The number of nitrogens with zero attached hydrogens (tertiary/aromatic N) is 1. The van der Waals surface area contributed by atoms with Crippen molar-refractivity contribution in [2.45, 2.75) is 38.8 Å². The summed E-state index contributed by atoms with van der Waals surface area (Å²) in [6.45, 7) is 10.2. The summed E-state index contributed by atoms with van der Waals surface area (Å²) in [5, 5.41) is 4.12. The quantitative estimate of drug-likeness (QED) is 0.719. The van der Waals surface area contributed by atoms with Gasteiger partial charge in [-0.1, -0.05) is 12.2 Å². The van der Waals surface area contributed by atoms with E-state index in [-0.39, 0.29) is 12.1 Å². The summed E-state index contributed by atoms with van der Waals surface area (Å²) >= 11 is 1.65. The van der Waals surface area contributed by atoms with Crippen LogP contribution in [0, 0.1) is 0 Å². The Kier molecular flexibility index (Phi) is 3.48. The highest BCUT2D eigenvalue weighted by molar-refractivity contribution is 7.07. The summed E-state index contributed by atoms with van der Waals surface area (Å²) in [7, 11) is 0. The van der Waals surface area contributed by atoms with Crippen molar-refractivity contribution < 1.29 is 9.53 Å². The average molecular weight is 265 g/mol. The van der Waals surface area contributed by atoms with Gasteiger partial charge in [-0.05, 0) is 49.6 Å². The van der Waals surface area contributed by atoms with Gasteiger partial charge in [0.25, 0.3) is 0 Å². The maximum Gasteiger partial charge on any atom is 0.411 e. The second-order valence-corrected chi connectivity index (χ2v) is 6.41. The number of hydrogen-bond acceptors (Lipinski definition) is 3. The molecule has 0 spiro atoms. The highest BCUT2D eigenvalue weighted by Gasteiger charge is 2.34. The van der Waals surface area contributed by atoms with Crippen LogP contribution in [0.5, 0.6) is 0 Å². The van der Waals surface area contributed by atoms with Crippen molar-refractivity contribution in [3.8, 4) is 0 Å². The predicted octanol–water partition coefficient (Wildman–Crippen LogP) is 3.99. The Hall–Kier alpha value is -1.29. The van der Waals surface area contributed by atoms with Gasteiger partial charge in [-0.15, -0.1) is 0 Å². The molecule has 1 aromatic heterocycles. The summed E-state index contributed by atoms with van der Waals surface area (Å²) in [6.07, 6.45) is 0.577. The Bertz CT molecular complexity index is 445. The first-order chi connectivity index (χ1) is 8.37. The molecule has 0 aliphatic carbocycles. The summed E-state index contributed by atoms with van der Waals surface area (Å²) in [5.74, 6) is 0. The molecular formula is C14H19NO2S. The lowest BCUT2D eigenvalue weighted by molar-refractivity contribution is 0.0228. The molecule has 4 heteroatoms. The van der Waals surface area contributed by atoms with Crippen molar-refractivity contribution in [3.05, 3.63) is 34.5 Å². The van der Waals surface area contributed by atoms with Crippen molar-refractivity contribution in [2.24, 2.45) is 0 Å². The largest absolute Gasteiger partial charge is 0.444 e. The zero-order valence-corrected chi connectivity index (χ0v) is 11.9. The molecule has 0 N–H and O–H groups in total. The molecule has 3 nitrogen and oxygen atoms in total. The van der Waals surface area contributed by atoms with Gasteiger partial charge in [0.2, 0.25) is 0 Å². The standard InChI is InChI=1S/C14H19NO2S/c1-10-7-12(11-5-6-18-9-11)15(8-10)13(16)17-14(2,3)4/h5-6,9,12H,1,7-8H2,2-4H3/t12-/m1/s1. The minimum absolute atomic E-state index is 0.0820. The number of rotatable bonds is 1. The molecule has 1 aromatic rings. The lowest BCUT2D eigenvalue weighted by atomic mass is 10.1. The van der Waals surface area contributed by atoms with Crippen LogP contribution in [0.1, 0.15) is 38.8 Å². The van der Waals surface area contributed by atoms with Crippen LogP contribution in [-0.4, -0.2) is 23.1 Å². The topological polar surface area (TPSA) is 29.5 Å². The normalized spacial score (nSPS) is 20.3. The Labute approximate surface area is 112 Å². The van der Waals surface area contributed by atoms with Crippen LogP contribution in [-0.2, 0) is 4.74 Å². The van der Waals surface area contributed by atoms with Gasteiger partial charge in [0, 0.05) is 6.54 Å². The first-order valence-electron chi connectivity index (χ1n) is 6.05. The van der Waals surface area contributed by atoms with Crippen LogP contribution in [0.25, 0.3) is 0 Å². The lowest BCUT2D eigenvalue weighted by Crippen LogP contribution is -2.36. The maximum atomic E-state index is 12.2. The van der Waals surface area contributed by atoms with E-state index in [4.69, 9.17) is 4.74 Å². The number of carbonyl (C=O) groups is 1. The first-order valence-corrected chi connectivity index (χ1v) is 6.99. The maximum absolute atomic E-state index is 12.2. The van der Waals surface area contributed by atoms with Gasteiger partial charge in [0.15, 0.2) is 0 Å². The second-order valence-electron chi connectivity index (χ2n) is 5.63. The van der Waals surface area contributed by atoms with E-state index in [1.165, 1.54) is 5.56 Å². The summed E-state index contributed by atoms with van der Waals surface area (Å²) in [5.41, 5.74) is 1.79. The molecule has 0 bridgehead atoms. The fourth-order valence-electron chi connectivity index (χ4n) is 2.07. The van der Waals surface area contributed by atoms with Crippen LogP contribution in [0.2, 0.25) is 0 Å². The van der Waals surface area contributed by atoms with Crippen LogP contribution in [0.3, 0.4) is 0 Å². The third-order valence-corrected chi connectivity index (χ3v) is 3.51. The van der Waals surface area contributed by atoms with Crippen molar-refractivity contribution >= 4 is 17.4 Å². The Morgan fingerprint density at radius 3 is 2.83 bits per heavy atom. The molecule has 1 aliphatic rings. The number of amides is 1. The molecule has 2 rings (SSSR count). The summed E-state index contributed by atoms with van der Waals surface area (Å²) in [4.78, 5) is 14.0. The monoisotopic (exact) mass is 265 g/mol. The molecule has 1 fully saturated rings. The number of carbonyl (C=O) groups excluding carboxylic acids is 1. The molecule has 0 radical (unpaired) electrons. The molecule has 1 aliphatic heterocycles. The minimum atomic E-state index is -0.458. The van der Waals surface area contributed by atoms with Crippen LogP contribution in [0.15, 0.2) is 29.0 Å². The number of thiophene rings is 1. The third-order valence-electron chi connectivity index (χ3n) is 2.81. The van der Waals surface area contributed by atoms with Crippen molar-refractivity contribution in [3.63, 3.8) is 0 Å². The van der Waals surface area contributed by atoms with E-state index in [1.54, 1.807) is 16.2 Å². The van der Waals surface area contributed by atoms with Crippen LogP contribution in [0.4, 0.5) is 4.79 Å². The second kappa shape index (κ2) is 4.76. The van der Waals surface area contributed by atoms with Crippen molar-refractivity contribution in [1.29, 1.82) is 0 Å². The van der Waals surface area contributed by atoms with Gasteiger partial charge in [0.1, 0.15) is 5.60 Å². The SMILES string of the molecule is C=C1C[C@H](c2ccsc2)N(C(=O)OC(C)(C)C)C1. The van der Waals surface area contributed by atoms with E-state index in [9.17, 15) is 4.79 Å². The van der Waals surface area contributed by atoms with Gasteiger partial charge in [-0.2, -0.15) is 11.3 Å². The third kappa shape index (κ3) is 2.93. The van der Waals surface area contributed by atoms with E-state index in [0.717, 1.165) is 12.0 Å². The van der Waals surface area contributed by atoms with Gasteiger partial charge < -0.3 is 4.74 Å². The van der Waals surface area contributed by atoms with E-state index < -0.39 is 5.60 Å². The zero-order valence-electron chi connectivity index (χ0n) is 11.1. The summed E-state index contributed by atoms with van der Waals surface area (Å²) in [6, 6.07) is 2.14. The Balaban J connectivity index is 2.15. The summed E-state index contributed by atoms with van der Waals surface area (Å²) < 4.78 is 5.45. The fourth-order valence-corrected chi connectivity index (χ4v) is 2.78. The first kappa shape index (κ1) is 13.1. The van der Waals surface area contributed by atoms with Gasteiger partial charge in [-0.25, -0.2) is 4.79 Å². The van der Waals surface area contributed by atoms with E-state index in [2.05, 4.69) is 18.0 Å². The molecule has 0 unspecified atom stereocenters. The van der Waals surface area contributed by atoms with E-state index >= 15 is 0 Å². The molecule has 1 saturated heterocycles. The Morgan fingerprint density at radius 2 is 2.28 bits per heavy atom. The molecule has 1 atom stereocenters. The van der Waals surface area contributed by atoms with Crippen LogP contribution < -0.4 is 0 Å². The number of likely N-dealkylation sites (tertiary alicyclic amines) is 1. The molecule has 0 saturated carbocycles. The minimum Gasteiger partial charge on any atom is -0.444 e. The smallest absolute Gasteiger partial charge is 0.411 e. The lowest BCUT2D eigenvalue weighted by Gasteiger charge is -2.28. The van der Waals surface area contributed by atoms with Crippen molar-refractivity contribution in [1.82, 2.24) is 4.90 Å². The average Bonchev–Trinajstić information content (AvgIpc) is 2.82. The fraction of sp³-hybridized carbons (Fsp3) is 0.500. The Morgan fingerprint density at radius 1 is 1.56 bits per heavy atom. The van der Waals surface area contributed by atoms with Gasteiger partial charge in [0.05, 0.1) is 6.04 Å². The molecule has 98 valence electrons. The van der Waals surface area contributed by atoms with Crippen LogP contribution >= 0.6 is 11.3 Å². The highest BCUT2D eigenvalue weighted by atomic mass is 32.1. The highest BCUT2D eigenvalue weighted by Crippen LogP contribution is 2.36.